The topological polar surface area (TPSA) is 191 Å². The molecule has 2 unspecified atom stereocenters. The van der Waals surface area contributed by atoms with E-state index in [1.54, 1.807) is 0 Å². The Morgan fingerprint density at radius 2 is 1.10 bits per heavy atom. The van der Waals surface area contributed by atoms with Crippen LogP contribution in [0.5, 0.6) is 0 Å². The summed E-state index contributed by atoms with van der Waals surface area (Å²) in [6, 6.07) is 0. The van der Waals surface area contributed by atoms with Gasteiger partial charge < -0.3 is 30.4 Å². The number of primary amides is 2. The summed E-state index contributed by atoms with van der Waals surface area (Å²) in [5, 5.41) is 0. The van der Waals surface area contributed by atoms with Gasteiger partial charge in [0.25, 0.3) is 11.8 Å². The van der Waals surface area contributed by atoms with Crippen molar-refractivity contribution in [3.8, 4) is 0 Å². The van der Waals surface area contributed by atoms with Crippen molar-refractivity contribution in [2.75, 3.05) is 13.2 Å². The zero-order chi connectivity index (χ0) is 23.1. The minimum Gasteiger partial charge on any atom is -0.465 e. The molecule has 2 aliphatic heterocycles. The molecule has 0 aromatic heterocycles. The van der Waals surface area contributed by atoms with Crippen LogP contribution in [0.25, 0.3) is 0 Å². The summed E-state index contributed by atoms with van der Waals surface area (Å²) >= 11 is 0. The lowest BCUT2D eigenvalue weighted by molar-refractivity contribution is -0.191. The number of cyclic esters (lactones) is 2. The van der Waals surface area contributed by atoms with Gasteiger partial charge in [-0.05, 0) is 27.7 Å². The van der Waals surface area contributed by atoms with Crippen molar-refractivity contribution < 1.29 is 47.7 Å². The first kappa shape index (κ1) is 23.1. The summed E-state index contributed by atoms with van der Waals surface area (Å²) < 4.78 is 20.2. The van der Waals surface area contributed by atoms with Gasteiger partial charge in [0.2, 0.25) is 0 Å². The third kappa shape index (κ3) is 2.89. The number of esters is 4. The minimum atomic E-state index is -2.69. The minimum absolute atomic E-state index is 0.234. The number of carbonyl (C=O) groups excluding carboxylic acids is 6. The molecule has 0 aliphatic carbocycles. The molecular weight excluding hydrogens is 404 g/mol. The summed E-state index contributed by atoms with van der Waals surface area (Å²) in [4.78, 5) is 76.3. The Labute approximate surface area is 171 Å². The first-order valence-electron chi connectivity index (χ1n) is 9.18. The normalized spacial score (nSPS) is 35.3. The summed E-state index contributed by atoms with van der Waals surface area (Å²) in [6.45, 7) is 4.64. The van der Waals surface area contributed by atoms with E-state index in [1.807, 2.05) is 0 Å². The number of hydrogen-bond donors (Lipinski definition) is 2. The van der Waals surface area contributed by atoms with E-state index >= 15 is 0 Å². The van der Waals surface area contributed by atoms with Crippen LogP contribution in [0.1, 0.15) is 40.5 Å². The molecule has 2 aliphatic rings. The van der Waals surface area contributed by atoms with Gasteiger partial charge in [-0.25, -0.2) is 0 Å². The lowest BCUT2D eigenvalue weighted by Gasteiger charge is -2.36. The van der Waals surface area contributed by atoms with Gasteiger partial charge in [0.05, 0.1) is 13.2 Å². The van der Waals surface area contributed by atoms with Crippen molar-refractivity contribution in [3.05, 3.63) is 0 Å². The molecule has 4 N–H and O–H groups in total. The van der Waals surface area contributed by atoms with Gasteiger partial charge in [-0.2, -0.15) is 0 Å². The van der Waals surface area contributed by atoms with Crippen LogP contribution < -0.4 is 11.5 Å². The Kier molecular flexibility index (Phi) is 5.59. The predicted octanol–water partition coefficient (Wildman–Crippen LogP) is -1.53. The molecule has 2 amide bonds. The first-order chi connectivity index (χ1) is 13.8. The molecule has 0 aromatic carbocycles. The third-order valence-corrected chi connectivity index (χ3v) is 5.56. The van der Waals surface area contributed by atoms with Gasteiger partial charge in [0.15, 0.2) is 22.0 Å². The van der Waals surface area contributed by atoms with Gasteiger partial charge in [-0.1, -0.05) is 0 Å². The number of carbonyl (C=O) groups is 6. The van der Waals surface area contributed by atoms with Gasteiger partial charge in [0, 0.05) is 12.8 Å². The number of ether oxygens (including phenoxy) is 4. The lowest BCUT2D eigenvalue weighted by Crippen LogP contribution is -2.60. The zero-order valence-corrected chi connectivity index (χ0v) is 17.1. The smallest absolute Gasteiger partial charge is 0.326 e. The summed E-state index contributed by atoms with van der Waals surface area (Å²) in [5.41, 5.74) is 1.18. The fourth-order valence-electron chi connectivity index (χ4n) is 3.91. The van der Waals surface area contributed by atoms with Gasteiger partial charge in [0.1, 0.15) is 0 Å². The molecular formula is C18H24N2O10. The predicted molar refractivity (Wildman–Crippen MR) is 94.7 cm³/mol. The molecule has 30 heavy (non-hydrogen) atoms. The Morgan fingerprint density at radius 1 is 0.800 bits per heavy atom. The summed E-state index contributed by atoms with van der Waals surface area (Å²) in [6.07, 6.45) is -1.62. The van der Waals surface area contributed by atoms with Crippen molar-refractivity contribution in [2.24, 2.45) is 22.3 Å². The fraction of sp³-hybridized carbons (Fsp3) is 0.667. The van der Waals surface area contributed by atoms with Gasteiger partial charge in [-0.15, -0.1) is 0 Å². The van der Waals surface area contributed by atoms with Crippen LogP contribution in [0, 0.1) is 10.8 Å². The number of amides is 2. The zero-order valence-electron chi connectivity index (χ0n) is 17.1. The maximum atomic E-state index is 13.1. The summed E-state index contributed by atoms with van der Waals surface area (Å²) in [7, 11) is 0. The molecule has 0 saturated carbocycles. The average Bonchev–Trinajstić information content (AvgIpc) is 3.08. The van der Waals surface area contributed by atoms with Crippen LogP contribution in [0.3, 0.4) is 0 Å². The van der Waals surface area contributed by atoms with E-state index in [2.05, 4.69) is 0 Å². The number of nitrogens with two attached hydrogens (primary N) is 2. The second-order valence-electron chi connectivity index (χ2n) is 7.57. The highest BCUT2D eigenvalue weighted by atomic mass is 16.6. The summed E-state index contributed by atoms with van der Waals surface area (Å²) in [5.74, 6) is -7.69. The molecule has 4 atom stereocenters. The van der Waals surface area contributed by atoms with Crippen molar-refractivity contribution >= 4 is 35.7 Å². The van der Waals surface area contributed by atoms with Gasteiger partial charge in [-0.3, -0.25) is 28.8 Å². The second kappa shape index (κ2) is 7.26. The van der Waals surface area contributed by atoms with E-state index < -0.39 is 70.6 Å². The van der Waals surface area contributed by atoms with Crippen molar-refractivity contribution in [1.29, 1.82) is 0 Å². The largest absolute Gasteiger partial charge is 0.465 e. The Hall–Kier alpha value is -3.18. The van der Waals surface area contributed by atoms with Crippen LogP contribution in [0.2, 0.25) is 0 Å². The Balaban J connectivity index is 2.86. The maximum Gasteiger partial charge on any atom is 0.326 e. The number of hydrogen-bond acceptors (Lipinski definition) is 10. The lowest BCUT2D eigenvalue weighted by atomic mass is 9.57. The molecule has 2 heterocycles. The van der Waals surface area contributed by atoms with Crippen molar-refractivity contribution in [2.45, 2.75) is 51.7 Å². The fourth-order valence-corrected chi connectivity index (χ4v) is 3.91. The van der Waals surface area contributed by atoms with E-state index in [0.717, 1.165) is 13.8 Å². The molecule has 166 valence electrons. The van der Waals surface area contributed by atoms with Crippen LogP contribution in [0.15, 0.2) is 0 Å². The van der Waals surface area contributed by atoms with E-state index in [-0.39, 0.29) is 13.2 Å². The molecule has 12 heteroatoms. The monoisotopic (exact) mass is 428 g/mol. The van der Waals surface area contributed by atoms with Crippen LogP contribution in [0.4, 0.5) is 0 Å². The van der Waals surface area contributed by atoms with Crippen LogP contribution >= 0.6 is 0 Å². The third-order valence-electron chi connectivity index (χ3n) is 5.56. The van der Waals surface area contributed by atoms with E-state index in [9.17, 15) is 28.8 Å². The molecule has 0 spiro atoms. The highest BCUT2D eigenvalue weighted by molar-refractivity contribution is 6.18. The highest BCUT2D eigenvalue weighted by Crippen LogP contribution is 2.60. The van der Waals surface area contributed by atoms with Crippen molar-refractivity contribution in [3.63, 3.8) is 0 Å². The van der Waals surface area contributed by atoms with E-state index in [4.69, 9.17) is 30.4 Å². The van der Waals surface area contributed by atoms with Crippen LogP contribution in [-0.4, -0.2) is 60.1 Å². The molecule has 0 radical (unpaired) electrons. The Morgan fingerprint density at radius 3 is 1.30 bits per heavy atom. The molecule has 2 rings (SSSR count). The van der Waals surface area contributed by atoms with E-state index in [1.165, 1.54) is 13.8 Å². The average molecular weight is 428 g/mol. The first-order valence-corrected chi connectivity index (χ1v) is 9.18. The Bertz CT molecular complexity index is 773. The number of rotatable bonds is 7. The standard InChI is InChI=1S/C18H24N2O10/c1-5-27-11(23)17(7-15(3,9(19)21)29-13(17)25)18(12(24)28-6-2)8-16(4,10(20)22)30-14(18)26/h5-8H2,1-4H3,(H2,19,21)(H2,20,22)/t15-,16-,17?,18?/m0/s1. The van der Waals surface area contributed by atoms with Crippen molar-refractivity contribution in [1.82, 2.24) is 0 Å². The van der Waals surface area contributed by atoms with Crippen LogP contribution in [-0.2, 0) is 47.7 Å². The molecule has 2 fully saturated rings. The quantitative estimate of drug-likeness (QED) is 0.273. The highest BCUT2D eigenvalue weighted by Gasteiger charge is 2.82. The molecule has 2 saturated heterocycles. The maximum absolute atomic E-state index is 13.1. The van der Waals surface area contributed by atoms with E-state index in [0.29, 0.717) is 0 Å². The van der Waals surface area contributed by atoms with Gasteiger partial charge >= 0.3 is 23.9 Å². The molecule has 0 bridgehead atoms. The molecule has 12 nitrogen and oxygen atoms in total. The molecule has 0 aromatic rings. The second-order valence-corrected chi connectivity index (χ2v) is 7.57. The SMILES string of the molecule is CCOC(=O)C1(C2(C(=O)OCC)C[C@@](C)(C(N)=O)OC2=O)C[C@@](C)(C(N)=O)OC1=O.